The molecule has 5 saturated carbocycles. The Kier molecular flexibility index (Phi) is 4.55. The first-order valence-electron chi connectivity index (χ1n) is 14.2. The van der Waals surface area contributed by atoms with Gasteiger partial charge in [0.25, 0.3) is 0 Å². The molecule has 0 spiro atoms. The van der Waals surface area contributed by atoms with Crippen molar-refractivity contribution in [2.45, 2.75) is 119 Å². The zero-order chi connectivity index (χ0) is 24.5. The van der Waals surface area contributed by atoms with Gasteiger partial charge in [-0.25, -0.2) is 0 Å². The molecule has 6 aliphatic rings. The van der Waals surface area contributed by atoms with Crippen LogP contribution in [0.4, 0.5) is 0 Å². The van der Waals surface area contributed by atoms with Crippen LogP contribution in [0.25, 0.3) is 0 Å². The van der Waals surface area contributed by atoms with Gasteiger partial charge in [0.1, 0.15) is 6.10 Å². The van der Waals surface area contributed by atoms with Gasteiger partial charge in [-0.2, -0.15) is 0 Å². The number of nitrogens with zero attached hydrogens (tertiary/aromatic N) is 1. The van der Waals surface area contributed by atoms with Crippen LogP contribution in [0.2, 0.25) is 0 Å². The second-order valence-electron chi connectivity index (χ2n) is 15.4. The molecule has 1 saturated heterocycles. The van der Waals surface area contributed by atoms with Crippen molar-refractivity contribution in [2.24, 2.45) is 61.3 Å². The maximum Gasteiger partial charge on any atom is 0.312 e. The molecule has 2 bridgehead atoms. The van der Waals surface area contributed by atoms with E-state index in [1.165, 1.54) is 32.1 Å². The van der Waals surface area contributed by atoms with Gasteiger partial charge in [0.2, 0.25) is 0 Å². The van der Waals surface area contributed by atoms with Crippen molar-refractivity contribution in [3.8, 4) is 0 Å². The fourth-order valence-electron chi connectivity index (χ4n) is 11.8. The molecule has 190 valence electrons. The average Bonchev–Trinajstić information content (AvgIpc) is 3.01. The number of oxime groups is 1. The molecule has 9 unspecified atom stereocenters. The standard InChI is InChI=1S/C30H47NO3/c1-25(2)14-16-30-17-15-28(6)18(22(30)23(25)34-24(30)32)8-9-20-27(5)12-11-21(31-33)26(3,4)19(27)10-13-29(20,28)7/h18-20,22-23,33H,8-17H2,1-7H3. The summed E-state index contributed by atoms with van der Waals surface area (Å²) in [6.07, 6.45) is 11.5. The highest BCUT2D eigenvalue weighted by atomic mass is 16.6. The number of hydrogen-bond acceptors (Lipinski definition) is 4. The molecule has 4 heteroatoms. The Morgan fingerprint density at radius 3 is 2.24 bits per heavy atom. The van der Waals surface area contributed by atoms with Crippen LogP contribution in [-0.4, -0.2) is 23.0 Å². The Balaban J connectivity index is 1.41. The van der Waals surface area contributed by atoms with Crippen molar-refractivity contribution < 1.29 is 14.7 Å². The van der Waals surface area contributed by atoms with E-state index in [1.807, 2.05) is 0 Å². The van der Waals surface area contributed by atoms with Crippen molar-refractivity contribution in [1.29, 1.82) is 0 Å². The molecule has 0 aromatic carbocycles. The summed E-state index contributed by atoms with van der Waals surface area (Å²) in [5.41, 5.74) is 1.69. The van der Waals surface area contributed by atoms with Crippen LogP contribution in [-0.2, 0) is 9.53 Å². The summed E-state index contributed by atoms with van der Waals surface area (Å²) in [7, 11) is 0. The lowest BCUT2D eigenvalue weighted by molar-refractivity contribution is -0.235. The van der Waals surface area contributed by atoms with Gasteiger partial charge in [-0.1, -0.05) is 53.6 Å². The van der Waals surface area contributed by atoms with Crippen LogP contribution < -0.4 is 0 Å². The largest absolute Gasteiger partial charge is 0.461 e. The summed E-state index contributed by atoms with van der Waals surface area (Å²) in [6, 6.07) is 0. The van der Waals surface area contributed by atoms with Crippen molar-refractivity contribution in [1.82, 2.24) is 0 Å². The van der Waals surface area contributed by atoms with Gasteiger partial charge in [-0.05, 0) is 98.2 Å². The van der Waals surface area contributed by atoms with E-state index in [2.05, 4.69) is 53.6 Å². The third kappa shape index (κ3) is 2.43. The van der Waals surface area contributed by atoms with Gasteiger partial charge in [-0.15, -0.1) is 0 Å². The van der Waals surface area contributed by atoms with E-state index in [-0.39, 0.29) is 44.6 Å². The number of ether oxygens (including phenoxy) is 1. The second-order valence-corrected chi connectivity index (χ2v) is 15.4. The highest BCUT2D eigenvalue weighted by Gasteiger charge is 2.75. The summed E-state index contributed by atoms with van der Waals surface area (Å²) in [4.78, 5) is 13.4. The molecule has 1 heterocycles. The van der Waals surface area contributed by atoms with E-state index < -0.39 is 0 Å². The summed E-state index contributed by atoms with van der Waals surface area (Å²) in [5, 5.41) is 13.5. The van der Waals surface area contributed by atoms with Crippen molar-refractivity contribution in [2.75, 3.05) is 0 Å². The van der Waals surface area contributed by atoms with Crippen LogP contribution in [0.1, 0.15) is 113 Å². The van der Waals surface area contributed by atoms with E-state index in [1.54, 1.807) is 0 Å². The van der Waals surface area contributed by atoms with Gasteiger partial charge < -0.3 is 9.94 Å². The first kappa shape index (κ1) is 23.3. The molecule has 0 radical (unpaired) electrons. The first-order valence-corrected chi connectivity index (χ1v) is 14.2. The molecule has 5 aliphatic carbocycles. The quantitative estimate of drug-likeness (QED) is 0.231. The minimum Gasteiger partial charge on any atom is -0.461 e. The SMILES string of the molecule is CC1(C)CCC23CCC4(C)C(CCC5C6(C)CCC(=NO)C(C)(C)C6CCC54C)C2C1OC3=O. The van der Waals surface area contributed by atoms with Gasteiger partial charge >= 0.3 is 5.97 Å². The summed E-state index contributed by atoms with van der Waals surface area (Å²) in [6.45, 7) is 17.2. The molecule has 0 amide bonds. The Morgan fingerprint density at radius 1 is 0.824 bits per heavy atom. The molecule has 6 fully saturated rings. The van der Waals surface area contributed by atoms with Gasteiger partial charge in [0.15, 0.2) is 0 Å². The predicted molar refractivity (Wildman–Crippen MR) is 134 cm³/mol. The normalized spacial score (nSPS) is 56.0. The third-order valence-corrected chi connectivity index (χ3v) is 14.0. The lowest BCUT2D eigenvalue weighted by Gasteiger charge is -2.72. The van der Waals surface area contributed by atoms with E-state index >= 15 is 0 Å². The zero-order valence-electron chi connectivity index (χ0n) is 22.7. The summed E-state index contributed by atoms with van der Waals surface area (Å²) < 4.78 is 6.28. The average molecular weight is 470 g/mol. The molecule has 9 atom stereocenters. The van der Waals surface area contributed by atoms with E-state index in [0.717, 1.165) is 37.8 Å². The van der Waals surface area contributed by atoms with Crippen molar-refractivity contribution >= 4 is 11.7 Å². The highest BCUT2D eigenvalue weighted by molar-refractivity contribution is 5.90. The van der Waals surface area contributed by atoms with E-state index in [0.29, 0.717) is 23.7 Å². The Labute approximate surface area is 206 Å². The zero-order valence-corrected chi connectivity index (χ0v) is 22.7. The fraction of sp³-hybridized carbons (Fsp3) is 0.933. The summed E-state index contributed by atoms with van der Waals surface area (Å²) >= 11 is 0. The topological polar surface area (TPSA) is 58.9 Å². The fourth-order valence-corrected chi connectivity index (χ4v) is 11.8. The lowest BCUT2D eigenvalue weighted by atomic mass is 9.31. The van der Waals surface area contributed by atoms with Crippen LogP contribution in [0.15, 0.2) is 5.16 Å². The van der Waals surface area contributed by atoms with Crippen LogP contribution in [0, 0.1) is 56.2 Å². The lowest BCUT2D eigenvalue weighted by Crippen LogP contribution is -2.67. The minimum atomic E-state index is -0.200. The Hall–Kier alpha value is -1.06. The van der Waals surface area contributed by atoms with Gasteiger partial charge in [0.05, 0.1) is 11.1 Å². The van der Waals surface area contributed by atoms with Gasteiger partial charge in [-0.3, -0.25) is 4.79 Å². The van der Waals surface area contributed by atoms with E-state index in [4.69, 9.17) is 4.74 Å². The predicted octanol–water partition coefficient (Wildman–Crippen LogP) is 7.23. The molecule has 34 heavy (non-hydrogen) atoms. The monoisotopic (exact) mass is 469 g/mol. The maximum absolute atomic E-state index is 13.4. The Morgan fingerprint density at radius 2 is 1.53 bits per heavy atom. The smallest absolute Gasteiger partial charge is 0.312 e. The maximum atomic E-state index is 13.4. The van der Waals surface area contributed by atoms with Crippen molar-refractivity contribution in [3.63, 3.8) is 0 Å². The van der Waals surface area contributed by atoms with Crippen molar-refractivity contribution in [3.05, 3.63) is 0 Å². The molecule has 0 aromatic heterocycles. The molecule has 1 N–H and O–H groups in total. The van der Waals surface area contributed by atoms with Gasteiger partial charge in [0, 0.05) is 16.7 Å². The molecular formula is C30H47NO3. The highest BCUT2D eigenvalue weighted by Crippen LogP contribution is 2.78. The minimum absolute atomic E-state index is 0.0375. The number of carbonyl (C=O) groups excluding carboxylic acids is 1. The number of rotatable bonds is 0. The number of hydrogen-bond donors (Lipinski definition) is 1. The molecular weight excluding hydrogens is 422 g/mol. The first-order chi connectivity index (χ1) is 15.8. The van der Waals surface area contributed by atoms with Crippen LogP contribution in [0.3, 0.4) is 0 Å². The second kappa shape index (κ2) is 6.62. The molecule has 0 aromatic rings. The molecule has 1 aliphatic heterocycles. The number of esters is 1. The van der Waals surface area contributed by atoms with E-state index in [9.17, 15) is 10.0 Å². The number of fused-ring (bicyclic) bond motifs is 5. The number of carbonyl (C=O) groups is 1. The summed E-state index contributed by atoms with van der Waals surface area (Å²) in [5.74, 6) is 2.40. The van der Waals surface area contributed by atoms with Crippen LogP contribution >= 0.6 is 0 Å². The van der Waals surface area contributed by atoms with Crippen LogP contribution in [0.5, 0.6) is 0 Å². The third-order valence-electron chi connectivity index (χ3n) is 14.0. The Bertz CT molecular complexity index is 953. The molecule has 6 rings (SSSR count). The molecule has 4 nitrogen and oxygen atoms in total.